The fraction of sp³-hybridized carbons (Fsp3) is 0.250. The van der Waals surface area contributed by atoms with Crippen LogP contribution in [0.25, 0.3) is 0 Å². The predicted octanol–water partition coefficient (Wildman–Crippen LogP) is 2.61. The van der Waals surface area contributed by atoms with Crippen LogP contribution in [0.2, 0.25) is 0 Å². The van der Waals surface area contributed by atoms with Gasteiger partial charge in [0.25, 0.3) is 10.1 Å². The van der Waals surface area contributed by atoms with Crippen molar-refractivity contribution in [1.82, 2.24) is 0 Å². The van der Waals surface area contributed by atoms with Crippen LogP contribution >= 0.6 is 0 Å². The van der Waals surface area contributed by atoms with E-state index in [2.05, 4.69) is 0 Å². The van der Waals surface area contributed by atoms with Crippen molar-refractivity contribution in [3.63, 3.8) is 0 Å². The predicted molar refractivity (Wildman–Crippen MR) is 80.3 cm³/mol. The Labute approximate surface area is 125 Å². The summed E-state index contributed by atoms with van der Waals surface area (Å²) >= 11 is 0. The van der Waals surface area contributed by atoms with Crippen molar-refractivity contribution in [1.29, 1.82) is 0 Å². The van der Waals surface area contributed by atoms with Crippen molar-refractivity contribution in [2.24, 2.45) is 0 Å². The molecular weight excluding hydrogens is 288 g/mol. The Morgan fingerprint density at radius 1 is 1.05 bits per heavy atom. The standard InChI is InChI=1S/C16H18O4S/c1-13-8-10-15(11-9-13)21(18,19)20-12-16(2,17)14-6-4-3-5-7-14/h3-11,17H,12H2,1-2H3/t16-/m1/s1. The maximum absolute atomic E-state index is 12.1. The highest BCUT2D eigenvalue weighted by Crippen LogP contribution is 2.23. The highest BCUT2D eigenvalue weighted by molar-refractivity contribution is 7.86. The summed E-state index contributed by atoms with van der Waals surface area (Å²) in [6.45, 7) is 3.05. The van der Waals surface area contributed by atoms with Crippen molar-refractivity contribution >= 4 is 10.1 Å². The largest absolute Gasteiger partial charge is 0.383 e. The van der Waals surface area contributed by atoms with Gasteiger partial charge in [-0.15, -0.1) is 0 Å². The fourth-order valence-electron chi connectivity index (χ4n) is 1.85. The molecule has 0 aromatic heterocycles. The van der Waals surface area contributed by atoms with E-state index in [9.17, 15) is 13.5 Å². The molecule has 2 aromatic carbocycles. The van der Waals surface area contributed by atoms with Crippen LogP contribution in [-0.2, 0) is 19.9 Å². The summed E-state index contributed by atoms with van der Waals surface area (Å²) in [7, 11) is -3.88. The molecule has 1 N–H and O–H groups in total. The van der Waals surface area contributed by atoms with Crippen molar-refractivity contribution in [2.75, 3.05) is 6.61 Å². The summed E-state index contributed by atoms with van der Waals surface area (Å²) in [5.41, 5.74) is 0.188. The molecule has 0 bridgehead atoms. The lowest BCUT2D eigenvalue weighted by molar-refractivity contribution is 0.00974. The van der Waals surface area contributed by atoms with Gasteiger partial charge in [0.2, 0.25) is 0 Å². The van der Waals surface area contributed by atoms with Gasteiger partial charge >= 0.3 is 0 Å². The van der Waals surface area contributed by atoms with Gasteiger partial charge in [-0.05, 0) is 31.5 Å². The lowest BCUT2D eigenvalue weighted by Gasteiger charge is -2.23. The van der Waals surface area contributed by atoms with Crippen molar-refractivity contribution in [3.05, 3.63) is 65.7 Å². The monoisotopic (exact) mass is 306 g/mol. The van der Waals surface area contributed by atoms with Crippen LogP contribution in [0, 0.1) is 6.92 Å². The van der Waals surface area contributed by atoms with E-state index in [1.807, 2.05) is 13.0 Å². The van der Waals surface area contributed by atoms with Crippen LogP contribution in [0.5, 0.6) is 0 Å². The Balaban J connectivity index is 2.13. The van der Waals surface area contributed by atoms with E-state index in [0.29, 0.717) is 5.56 Å². The zero-order valence-corrected chi connectivity index (χ0v) is 12.8. The minimum Gasteiger partial charge on any atom is -0.383 e. The quantitative estimate of drug-likeness (QED) is 0.863. The number of hydrogen-bond donors (Lipinski definition) is 1. The van der Waals surface area contributed by atoms with Crippen molar-refractivity contribution < 1.29 is 17.7 Å². The number of aliphatic hydroxyl groups is 1. The van der Waals surface area contributed by atoms with Gasteiger partial charge in [0.05, 0.1) is 11.5 Å². The maximum atomic E-state index is 12.1. The Bertz CT molecular complexity index is 689. The van der Waals surface area contributed by atoms with E-state index >= 15 is 0 Å². The summed E-state index contributed by atoms with van der Waals surface area (Å²) in [6, 6.07) is 15.2. The average molecular weight is 306 g/mol. The summed E-state index contributed by atoms with van der Waals surface area (Å²) in [4.78, 5) is 0.0805. The van der Waals surface area contributed by atoms with E-state index in [1.165, 1.54) is 19.1 Å². The molecule has 4 nitrogen and oxygen atoms in total. The van der Waals surface area contributed by atoms with E-state index in [-0.39, 0.29) is 11.5 Å². The SMILES string of the molecule is Cc1ccc(S(=O)(=O)OC[C@@](C)(O)c2ccccc2)cc1. The first-order valence-electron chi connectivity index (χ1n) is 6.55. The molecule has 2 rings (SSSR count). The molecule has 0 fully saturated rings. The Morgan fingerprint density at radius 3 is 2.19 bits per heavy atom. The topological polar surface area (TPSA) is 63.6 Å². The average Bonchev–Trinajstić information content (AvgIpc) is 2.47. The third kappa shape index (κ3) is 3.91. The number of rotatable bonds is 5. The Hall–Kier alpha value is -1.69. The van der Waals surface area contributed by atoms with Gasteiger partial charge in [0.15, 0.2) is 0 Å². The second-order valence-corrected chi connectivity index (χ2v) is 6.78. The van der Waals surface area contributed by atoms with Crippen molar-refractivity contribution in [2.45, 2.75) is 24.3 Å². The van der Waals surface area contributed by atoms with Crippen LogP contribution in [0.3, 0.4) is 0 Å². The third-order valence-electron chi connectivity index (χ3n) is 3.20. The molecule has 0 heterocycles. The molecule has 0 aliphatic heterocycles. The van der Waals surface area contributed by atoms with E-state index in [1.54, 1.807) is 36.4 Å². The van der Waals surface area contributed by atoms with Gasteiger partial charge in [0, 0.05) is 0 Å². The molecule has 21 heavy (non-hydrogen) atoms. The molecule has 1 atom stereocenters. The van der Waals surface area contributed by atoms with Crippen molar-refractivity contribution in [3.8, 4) is 0 Å². The van der Waals surface area contributed by atoms with Gasteiger partial charge in [-0.1, -0.05) is 48.0 Å². The lowest BCUT2D eigenvalue weighted by Crippen LogP contribution is -2.29. The van der Waals surface area contributed by atoms with Crippen LogP contribution < -0.4 is 0 Å². The molecule has 0 radical (unpaired) electrons. The molecule has 0 aliphatic rings. The molecule has 0 saturated carbocycles. The van der Waals surface area contributed by atoms with E-state index in [0.717, 1.165) is 5.56 Å². The molecule has 112 valence electrons. The molecule has 2 aromatic rings. The third-order valence-corrected chi connectivity index (χ3v) is 4.48. The summed E-state index contributed by atoms with van der Waals surface area (Å²) in [5, 5.41) is 10.4. The highest BCUT2D eigenvalue weighted by atomic mass is 32.2. The molecule has 0 spiro atoms. The highest BCUT2D eigenvalue weighted by Gasteiger charge is 2.27. The van der Waals surface area contributed by atoms with Crippen LogP contribution in [0.15, 0.2) is 59.5 Å². The summed E-state index contributed by atoms with van der Waals surface area (Å²) < 4.78 is 29.2. The molecule has 0 unspecified atom stereocenters. The Kier molecular flexibility index (Phi) is 4.46. The first-order valence-corrected chi connectivity index (χ1v) is 7.96. The second-order valence-electron chi connectivity index (χ2n) is 5.17. The van der Waals surface area contributed by atoms with Crippen LogP contribution in [-0.4, -0.2) is 20.1 Å². The molecule has 0 aliphatic carbocycles. The molecule has 0 saturated heterocycles. The van der Waals surface area contributed by atoms with Gasteiger partial charge in [0.1, 0.15) is 5.60 Å². The lowest BCUT2D eigenvalue weighted by atomic mass is 9.97. The van der Waals surface area contributed by atoms with Gasteiger partial charge in [-0.2, -0.15) is 8.42 Å². The van der Waals surface area contributed by atoms with Gasteiger partial charge in [-0.25, -0.2) is 0 Å². The summed E-state index contributed by atoms with van der Waals surface area (Å²) in [5.74, 6) is 0. The number of benzene rings is 2. The molecular formula is C16H18O4S. The van der Waals surface area contributed by atoms with Gasteiger partial charge < -0.3 is 5.11 Å². The Morgan fingerprint density at radius 2 is 1.62 bits per heavy atom. The van der Waals surface area contributed by atoms with E-state index < -0.39 is 15.7 Å². The zero-order valence-electron chi connectivity index (χ0n) is 12.0. The first-order chi connectivity index (χ1) is 9.81. The first kappa shape index (κ1) is 15.7. The number of aryl methyl sites for hydroxylation is 1. The zero-order chi connectivity index (χ0) is 15.5. The molecule has 0 amide bonds. The van der Waals surface area contributed by atoms with Gasteiger partial charge in [-0.3, -0.25) is 4.18 Å². The van der Waals surface area contributed by atoms with E-state index in [4.69, 9.17) is 4.18 Å². The fourth-order valence-corrected chi connectivity index (χ4v) is 2.84. The summed E-state index contributed by atoms with van der Waals surface area (Å²) in [6.07, 6.45) is 0. The maximum Gasteiger partial charge on any atom is 0.297 e. The smallest absolute Gasteiger partial charge is 0.297 e. The van der Waals surface area contributed by atoms with Crippen LogP contribution in [0.4, 0.5) is 0 Å². The number of hydrogen-bond acceptors (Lipinski definition) is 4. The molecule has 5 heteroatoms. The normalized spacial score (nSPS) is 14.6. The minimum atomic E-state index is -3.88. The van der Waals surface area contributed by atoms with Crippen LogP contribution in [0.1, 0.15) is 18.1 Å². The minimum absolute atomic E-state index is 0.0805. The second kappa shape index (κ2) is 5.97.